The fourth-order valence-corrected chi connectivity index (χ4v) is 3.29. The summed E-state index contributed by atoms with van der Waals surface area (Å²) in [5.74, 6) is 0. The van der Waals surface area contributed by atoms with E-state index < -0.39 is 0 Å². The molecule has 0 spiro atoms. The highest BCUT2D eigenvalue weighted by Gasteiger charge is 2.10. The van der Waals surface area contributed by atoms with E-state index >= 15 is 0 Å². The highest BCUT2D eigenvalue weighted by molar-refractivity contribution is 9.10. The maximum atomic E-state index is 6.06. The zero-order valence-electron chi connectivity index (χ0n) is 10.4. The number of rotatable bonds is 4. The fraction of sp³-hybridized carbons (Fsp3) is 0.214. The van der Waals surface area contributed by atoms with Gasteiger partial charge in [0.25, 0.3) is 0 Å². The van der Waals surface area contributed by atoms with Gasteiger partial charge >= 0.3 is 0 Å². The van der Waals surface area contributed by atoms with Gasteiger partial charge in [0.2, 0.25) is 0 Å². The maximum absolute atomic E-state index is 6.06. The first-order valence-corrected chi connectivity index (χ1v) is 7.87. The molecule has 1 unspecified atom stereocenters. The standard InChI is InChI=1S/C14H14BrClN2S/c1-9(17)7-10-8-11(16)4-5-13(10)19-14-12(15)3-2-6-18-14/h2-6,8-9H,7,17H2,1H3. The third-order valence-electron chi connectivity index (χ3n) is 2.50. The molecule has 1 aromatic heterocycles. The Morgan fingerprint density at radius 1 is 1.42 bits per heavy atom. The minimum atomic E-state index is 0.102. The summed E-state index contributed by atoms with van der Waals surface area (Å²) in [6, 6.07) is 9.88. The molecule has 0 aliphatic rings. The molecule has 0 saturated heterocycles. The van der Waals surface area contributed by atoms with Crippen molar-refractivity contribution in [3.63, 3.8) is 0 Å². The molecule has 2 rings (SSSR count). The van der Waals surface area contributed by atoms with Crippen LogP contribution in [0.4, 0.5) is 0 Å². The first-order chi connectivity index (χ1) is 9.06. The SMILES string of the molecule is CC(N)Cc1cc(Cl)ccc1Sc1ncccc1Br. The van der Waals surface area contributed by atoms with Gasteiger partial charge in [0, 0.05) is 22.2 Å². The van der Waals surface area contributed by atoms with Crippen LogP contribution >= 0.6 is 39.3 Å². The van der Waals surface area contributed by atoms with Gasteiger partial charge in [-0.3, -0.25) is 0 Å². The summed E-state index contributed by atoms with van der Waals surface area (Å²) in [7, 11) is 0. The van der Waals surface area contributed by atoms with Crippen LogP contribution in [0.15, 0.2) is 50.9 Å². The Labute approximate surface area is 130 Å². The van der Waals surface area contributed by atoms with Crippen LogP contribution in [0.25, 0.3) is 0 Å². The Hall–Kier alpha value is -0.550. The Morgan fingerprint density at radius 2 is 2.21 bits per heavy atom. The van der Waals surface area contributed by atoms with Gasteiger partial charge in [-0.05, 0) is 65.2 Å². The number of hydrogen-bond acceptors (Lipinski definition) is 3. The van der Waals surface area contributed by atoms with E-state index in [-0.39, 0.29) is 6.04 Å². The number of pyridine rings is 1. The molecule has 2 aromatic rings. The van der Waals surface area contributed by atoms with Gasteiger partial charge in [-0.2, -0.15) is 0 Å². The normalized spacial score (nSPS) is 12.4. The molecule has 2 nitrogen and oxygen atoms in total. The summed E-state index contributed by atoms with van der Waals surface area (Å²) in [5, 5.41) is 1.68. The average Bonchev–Trinajstić information content (AvgIpc) is 2.34. The summed E-state index contributed by atoms with van der Waals surface area (Å²) < 4.78 is 0.988. The molecule has 1 heterocycles. The van der Waals surface area contributed by atoms with Crippen LogP contribution in [0.3, 0.4) is 0 Å². The van der Waals surface area contributed by atoms with Crippen molar-refractivity contribution in [2.75, 3.05) is 0 Å². The Bertz CT molecular complexity index is 575. The zero-order valence-corrected chi connectivity index (χ0v) is 13.6. The van der Waals surface area contributed by atoms with Crippen molar-refractivity contribution in [3.05, 3.63) is 51.6 Å². The maximum Gasteiger partial charge on any atom is 0.115 e. The van der Waals surface area contributed by atoms with Crippen LogP contribution in [0, 0.1) is 0 Å². The van der Waals surface area contributed by atoms with E-state index in [1.54, 1.807) is 18.0 Å². The number of benzene rings is 1. The number of nitrogens with zero attached hydrogens (tertiary/aromatic N) is 1. The van der Waals surface area contributed by atoms with Crippen molar-refractivity contribution in [1.29, 1.82) is 0 Å². The lowest BCUT2D eigenvalue weighted by Crippen LogP contribution is -2.18. The van der Waals surface area contributed by atoms with Crippen LogP contribution in [0.5, 0.6) is 0 Å². The lowest BCUT2D eigenvalue weighted by Gasteiger charge is -2.12. The molecule has 1 aromatic carbocycles. The lowest BCUT2D eigenvalue weighted by molar-refractivity contribution is 0.729. The molecule has 0 saturated carbocycles. The molecule has 19 heavy (non-hydrogen) atoms. The topological polar surface area (TPSA) is 38.9 Å². The summed E-state index contributed by atoms with van der Waals surface area (Å²) in [4.78, 5) is 5.51. The molecule has 0 fully saturated rings. The molecule has 5 heteroatoms. The van der Waals surface area contributed by atoms with Gasteiger partial charge in [0.05, 0.1) is 4.47 Å². The van der Waals surface area contributed by atoms with Crippen molar-refractivity contribution in [1.82, 2.24) is 4.98 Å². The summed E-state index contributed by atoms with van der Waals surface area (Å²) in [6.45, 7) is 1.99. The summed E-state index contributed by atoms with van der Waals surface area (Å²) in [5.41, 5.74) is 7.05. The first-order valence-electron chi connectivity index (χ1n) is 5.88. The largest absolute Gasteiger partial charge is 0.328 e. The van der Waals surface area contributed by atoms with E-state index in [2.05, 4.69) is 20.9 Å². The molecule has 0 radical (unpaired) electrons. The van der Waals surface area contributed by atoms with Gasteiger partial charge in [-0.1, -0.05) is 23.4 Å². The van der Waals surface area contributed by atoms with E-state index in [1.807, 2.05) is 37.3 Å². The minimum absolute atomic E-state index is 0.102. The minimum Gasteiger partial charge on any atom is -0.328 e. The van der Waals surface area contributed by atoms with E-state index in [4.69, 9.17) is 17.3 Å². The molecule has 100 valence electrons. The molecule has 0 bridgehead atoms. The third-order valence-corrected chi connectivity index (χ3v) is 4.77. The van der Waals surface area contributed by atoms with Gasteiger partial charge in [-0.15, -0.1) is 0 Å². The van der Waals surface area contributed by atoms with Crippen LogP contribution < -0.4 is 5.73 Å². The molecule has 2 N–H and O–H groups in total. The number of hydrogen-bond donors (Lipinski definition) is 1. The van der Waals surface area contributed by atoms with E-state index in [9.17, 15) is 0 Å². The van der Waals surface area contributed by atoms with Crippen molar-refractivity contribution >= 4 is 39.3 Å². The van der Waals surface area contributed by atoms with Crippen molar-refractivity contribution in [3.8, 4) is 0 Å². The van der Waals surface area contributed by atoms with E-state index in [0.717, 1.165) is 31.4 Å². The quantitative estimate of drug-likeness (QED) is 0.873. The second kappa shape index (κ2) is 6.75. The second-order valence-corrected chi connectivity index (χ2v) is 6.65. The molecule has 0 amide bonds. The number of aromatic nitrogens is 1. The zero-order chi connectivity index (χ0) is 13.8. The lowest BCUT2D eigenvalue weighted by atomic mass is 10.1. The predicted octanol–water partition coefficient (Wildman–Crippen LogP) is 4.54. The third kappa shape index (κ3) is 4.21. The van der Waals surface area contributed by atoms with E-state index in [1.165, 1.54) is 0 Å². The predicted molar refractivity (Wildman–Crippen MR) is 84.9 cm³/mol. The van der Waals surface area contributed by atoms with Crippen LogP contribution in [0.1, 0.15) is 12.5 Å². The second-order valence-electron chi connectivity index (χ2n) is 4.33. The smallest absolute Gasteiger partial charge is 0.115 e. The Morgan fingerprint density at radius 3 is 2.89 bits per heavy atom. The fourth-order valence-electron chi connectivity index (χ4n) is 1.70. The molecule has 0 aliphatic carbocycles. The van der Waals surface area contributed by atoms with Crippen LogP contribution in [-0.2, 0) is 6.42 Å². The van der Waals surface area contributed by atoms with Crippen LogP contribution in [-0.4, -0.2) is 11.0 Å². The average molecular weight is 358 g/mol. The molecule has 1 atom stereocenters. The van der Waals surface area contributed by atoms with Gasteiger partial charge < -0.3 is 5.73 Å². The molecular formula is C14H14BrClN2S. The Balaban J connectivity index is 2.32. The van der Waals surface area contributed by atoms with Gasteiger partial charge in [0.1, 0.15) is 5.03 Å². The Kier molecular flexibility index (Phi) is 5.28. The van der Waals surface area contributed by atoms with Crippen molar-refractivity contribution in [2.45, 2.75) is 29.3 Å². The molecule has 0 aliphatic heterocycles. The summed E-state index contributed by atoms with van der Waals surface area (Å²) >= 11 is 11.2. The van der Waals surface area contributed by atoms with E-state index in [0.29, 0.717) is 0 Å². The van der Waals surface area contributed by atoms with Crippen molar-refractivity contribution < 1.29 is 0 Å². The first kappa shape index (κ1) is 14.9. The molecular weight excluding hydrogens is 344 g/mol. The van der Waals surface area contributed by atoms with Crippen molar-refractivity contribution in [2.24, 2.45) is 5.73 Å². The van der Waals surface area contributed by atoms with Gasteiger partial charge in [0.15, 0.2) is 0 Å². The summed E-state index contributed by atoms with van der Waals surface area (Å²) in [6.07, 6.45) is 2.58. The monoisotopic (exact) mass is 356 g/mol. The number of halogens is 2. The highest BCUT2D eigenvalue weighted by Crippen LogP contribution is 2.35. The van der Waals surface area contributed by atoms with Gasteiger partial charge in [-0.25, -0.2) is 4.98 Å². The highest BCUT2D eigenvalue weighted by atomic mass is 79.9. The number of nitrogens with two attached hydrogens (primary N) is 1. The van der Waals surface area contributed by atoms with Crippen LogP contribution in [0.2, 0.25) is 5.02 Å².